The van der Waals surface area contributed by atoms with Crippen LogP contribution in [0.3, 0.4) is 0 Å². The summed E-state index contributed by atoms with van der Waals surface area (Å²) < 4.78 is 23.7. The first-order chi connectivity index (χ1) is 11.6. The summed E-state index contributed by atoms with van der Waals surface area (Å²) in [5.74, 6) is -1.97. The van der Waals surface area contributed by atoms with E-state index < -0.39 is 23.6 Å². The predicted octanol–water partition coefficient (Wildman–Crippen LogP) is 1.75. The van der Waals surface area contributed by atoms with Crippen LogP contribution in [0.5, 0.6) is 0 Å². The molecule has 2 aliphatic rings. The molecule has 1 atom stereocenters. The van der Waals surface area contributed by atoms with Gasteiger partial charge in [-0.1, -0.05) is 0 Å². The van der Waals surface area contributed by atoms with Crippen molar-refractivity contribution >= 4 is 18.0 Å². The molecule has 25 heavy (non-hydrogen) atoms. The maximum absolute atomic E-state index is 13.8. The molecule has 0 N–H and O–H groups in total. The molecular weight excluding hydrogens is 331 g/mol. The van der Waals surface area contributed by atoms with Crippen molar-refractivity contribution < 1.29 is 28.2 Å². The number of hydrogen-bond donors (Lipinski definition) is 0. The molecule has 2 heterocycles. The largest absolute Gasteiger partial charge is 0.463 e. The minimum atomic E-state index is -2.25. The van der Waals surface area contributed by atoms with Crippen LogP contribution in [0.15, 0.2) is 0 Å². The number of ether oxygens (including phenoxy) is 2. The number of rotatable bonds is 3. The Kier molecular flexibility index (Phi) is 5.58. The van der Waals surface area contributed by atoms with Gasteiger partial charge in [-0.3, -0.25) is 4.79 Å². The summed E-state index contributed by atoms with van der Waals surface area (Å²) in [5, 5.41) is 0. The van der Waals surface area contributed by atoms with Crippen molar-refractivity contribution in [2.45, 2.75) is 52.3 Å². The van der Waals surface area contributed by atoms with Crippen LogP contribution in [-0.4, -0.2) is 72.3 Å². The minimum absolute atomic E-state index is 0.0387. The molecule has 2 saturated heterocycles. The number of piperidine rings is 1. The fourth-order valence-electron chi connectivity index (χ4n) is 3.20. The molecule has 0 aromatic rings. The highest BCUT2D eigenvalue weighted by Gasteiger charge is 2.49. The predicted molar refractivity (Wildman–Crippen MR) is 87.6 cm³/mol. The van der Waals surface area contributed by atoms with E-state index in [1.807, 2.05) is 20.8 Å². The second kappa shape index (κ2) is 7.17. The fraction of sp³-hybridized carbons (Fsp3) is 0.824. The first-order valence-corrected chi connectivity index (χ1v) is 8.64. The van der Waals surface area contributed by atoms with Crippen LogP contribution in [0.2, 0.25) is 0 Å². The number of esters is 1. The normalized spacial score (nSPS) is 20.7. The topological polar surface area (TPSA) is 76.2 Å². The number of halogens is 1. The van der Waals surface area contributed by atoms with Crippen molar-refractivity contribution in [3.05, 3.63) is 0 Å². The van der Waals surface area contributed by atoms with E-state index in [0.29, 0.717) is 26.2 Å². The third-order valence-electron chi connectivity index (χ3n) is 4.55. The molecule has 0 bridgehead atoms. The first kappa shape index (κ1) is 19.5. The molecule has 2 aliphatic heterocycles. The summed E-state index contributed by atoms with van der Waals surface area (Å²) in [6.45, 7) is 8.99. The third-order valence-corrected chi connectivity index (χ3v) is 4.55. The molecule has 0 aliphatic carbocycles. The number of hydrogen-bond acceptors (Lipinski definition) is 5. The van der Waals surface area contributed by atoms with Crippen molar-refractivity contribution in [2.75, 3.05) is 32.8 Å². The lowest BCUT2D eigenvalue weighted by molar-refractivity contribution is -0.164. The van der Waals surface area contributed by atoms with Crippen molar-refractivity contribution in [2.24, 2.45) is 5.41 Å². The average Bonchev–Trinajstić information content (AvgIpc) is 2.50. The molecule has 142 valence electrons. The lowest BCUT2D eigenvalue weighted by Crippen LogP contribution is -2.64. The van der Waals surface area contributed by atoms with E-state index in [1.165, 1.54) is 4.90 Å². The summed E-state index contributed by atoms with van der Waals surface area (Å²) >= 11 is 0. The van der Waals surface area contributed by atoms with E-state index in [9.17, 15) is 18.8 Å². The second-order valence-electron chi connectivity index (χ2n) is 7.78. The number of carbonyl (C=O) groups is 3. The monoisotopic (exact) mass is 358 g/mol. The van der Waals surface area contributed by atoms with Crippen LogP contribution in [0.25, 0.3) is 0 Å². The Morgan fingerprint density at radius 3 is 2.16 bits per heavy atom. The zero-order valence-corrected chi connectivity index (χ0v) is 15.3. The number of alkyl halides is 1. The Bertz CT molecular complexity index is 530. The number of likely N-dealkylation sites (tertiary alicyclic amines) is 2. The maximum Gasteiger partial charge on any atom is 0.410 e. The summed E-state index contributed by atoms with van der Waals surface area (Å²) in [5.41, 5.74) is -0.627. The van der Waals surface area contributed by atoms with Crippen molar-refractivity contribution in [1.82, 2.24) is 9.80 Å². The van der Waals surface area contributed by atoms with Gasteiger partial charge < -0.3 is 19.3 Å². The van der Waals surface area contributed by atoms with E-state index in [4.69, 9.17) is 4.74 Å². The van der Waals surface area contributed by atoms with Crippen LogP contribution in [0.4, 0.5) is 9.18 Å². The van der Waals surface area contributed by atoms with Gasteiger partial charge in [0, 0.05) is 31.6 Å². The van der Waals surface area contributed by atoms with Crippen molar-refractivity contribution in [3.63, 3.8) is 0 Å². The van der Waals surface area contributed by atoms with E-state index >= 15 is 0 Å². The highest BCUT2D eigenvalue weighted by Crippen LogP contribution is 2.41. The summed E-state index contributed by atoms with van der Waals surface area (Å²) in [7, 11) is 0. The van der Waals surface area contributed by atoms with Gasteiger partial charge in [-0.2, -0.15) is 0 Å². The van der Waals surface area contributed by atoms with Crippen LogP contribution < -0.4 is 0 Å². The lowest BCUT2D eigenvalue weighted by Gasteiger charge is -2.53. The maximum atomic E-state index is 13.8. The molecule has 0 saturated carbocycles. The zero-order chi connectivity index (χ0) is 18.8. The molecule has 1 unspecified atom stereocenters. The molecule has 0 aromatic carbocycles. The number of amides is 2. The van der Waals surface area contributed by atoms with Gasteiger partial charge in [0.2, 0.25) is 0 Å². The van der Waals surface area contributed by atoms with E-state index in [1.54, 1.807) is 11.8 Å². The van der Waals surface area contributed by atoms with Crippen molar-refractivity contribution in [1.29, 1.82) is 0 Å². The SMILES string of the molecule is CCOC(=O)C(F)C(=O)N1CC2(CCN(C(=O)OC(C)(C)C)CC2)C1. The molecular formula is C17H27FN2O5. The van der Waals surface area contributed by atoms with Gasteiger partial charge in [-0.25, -0.2) is 14.0 Å². The quantitative estimate of drug-likeness (QED) is 0.567. The second-order valence-corrected chi connectivity index (χ2v) is 7.78. The first-order valence-electron chi connectivity index (χ1n) is 8.64. The zero-order valence-electron chi connectivity index (χ0n) is 15.3. The third kappa shape index (κ3) is 4.61. The van der Waals surface area contributed by atoms with E-state index in [2.05, 4.69) is 4.74 Å². The summed E-state index contributed by atoms with van der Waals surface area (Å²) in [6, 6.07) is 0. The van der Waals surface area contributed by atoms with Crippen LogP contribution >= 0.6 is 0 Å². The van der Waals surface area contributed by atoms with Crippen LogP contribution in [0.1, 0.15) is 40.5 Å². The Morgan fingerprint density at radius 1 is 1.12 bits per heavy atom. The van der Waals surface area contributed by atoms with Gasteiger partial charge >= 0.3 is 12.1 Å². The molecule has 1 spiro atoms. The van der Waals surface area contributed by atoms with E-state index in [-0.39, 0.29) is 18.1 Å². The Labute approximate surface area is 147 Å². The van der Waals surface area contributed by atoms with Gasteiger partial charge in [0.1, 0.15) is 5.60 Å². The Balaban J connectivity index is 1.80. The van der Waals surface area contributed by atoms with Gasteiger partial charge in [0.15, 0.2) is 0 Å². The van der Waals surface area contributed by atoms with Crippen LogP contribution in [-0.2, 0) is 19.1 Å². The molecule has 0 radical (unpaired) electrons. The fourth-order valence-corrected chi connectivity index (χ4v) is 3.20. The molecule has 7 nitrogen and oxygen atoms in total. The Morgan fingerprint density at radius 2 is 1.68 bits per heavy atom. The number of nitrogens with zero attached hydrogens (tertiary/aromatic N) is 2. The lowest BCUT2D eigenvalue weighted by atomic mass is 9.72. The van der Waals surface area contributed by atoms with Gasteiger partial charge in [0.25, 0.3) is 12.1 Å². The molecule has 2 amide bonds. The highest BCUT2D eigenvalue weighted by molar-refractivity contribution is 6.01. The summed E-state index contributed by atoms with van der Waals surface area (Å²) in [4.78, 5) is 38.4. The standard InChI is InChI=1S/C17H27FN2O5/c1-5-24-14(22)12(18)13(21)20-10-17(11-20)6-8-19(9-7-17)15(23)25-16(2,3)4/h12H,5-11H2,1-4H3. The minimum Gasteiger partial charge on any atom is -0.463 e. The molecule has 8 heteroatoms. The van der Waals surface area contributed by atoms with Crippen molar-refractivity contribution in [3.8, 4) is 0 Å². The molecule has 2 rings (SSSR count). The van der Waals surface area contributed by atoms with Gasteiger partial charge in [-0.15, -0.1) is 0 Å². The van der Waals surface area contributed by atoms with E-state index in [0.717, 1.165) is 12.8 Å². The highest BCUT2D eigenvalue weighted by atomic mass is 19.1. The summed E-state index contributed by atoms with van der Waals surface area (Å²) in [6.07, 6.45) is -1.13. The van der Waals surface area contributed by atoms with Crippen LogP contribution in [0, 0.1) is 5.41 Å². The molecule has 2 fully saturated rings. The molecule has 0 aromatic heterocycles. The number of carbonyl (C=O) groups excluding carboxylic acids is 3. The Hall–Kier alpha value is -1.86. The van der Waals surface area contributed by atoms with Gasteiger partial charge in [-0.05, 0) is 40.5 Å². The van der Waals surface area contributed by atoms with Gasteiger partial charge in [0.05, 0.1) is 6.61 Å². The smallest absolute Gasteiger partial charge is 0.410 e. The average molecular weight is 358 g/mol.